The molecule has 0 aromatic heterocycles. The highest BCUT2D eigenvalue weighted by Gasteiger charge is 2.38. The van der Waals surface area contributed by atoms with Crippen molar-refractivity contribution in [2.75, 3.05) is 18.4 Å². The van der Waals surface area contributed by atoms with Gasteiger partial charge in [-0.3, -0.25) is 9.59 Å². The van der Waals surface area contributed by atoms with Crippen LogP contribution >= 0.6 is 0 Å². The Kier molecular flexibility index (Phi) is 5.72. The first-order valence-electron chi connectivity index (χ1n) is 11.0. The molecule has 0 radical (unpaired) electrons. The molecule has 1 aromatic rings. The molecular formula is C23H33N3O2. The van der Waals surface area contributed by atoms with Crippen LogP contribution in [0.1, 0.15) is 67.8 Å². The van der Waals surface area contributed by atoms with E-state index in [1.54, 1.807) is 0 Å². The smallest absolute Gasteiger partial charge is 0.253 e. The first-order chi connectivity index (χ1) is 13.5. The van der Waals surface area contributed by atoms with E-state index in [-0.39, 0.29) is 17.9 Å². The van der Waals surface area contributed by atoms with Gasteiger partial charge in [0.1, 0.15) is 0 Å². The minimum Gasteiger partial charge on any atom is -0.339 e. The van der Waals surface area contributed by atoms with E-state index in [0.717, 1.165) is 49.2 Å². The van der Waals surface area contributed by atoms with E-state index in [0.29, 0.717) is 17.9 Å². The van der Waals surface area contributed by atoms with Crippen molar-refractivity contribution in [1.29, 1.82) is 0 Å². The number of aryl methyl sites for hydroxylation is 1. The fourth-order valence-electron chi connectivity index (χ4n) is 5.07. The Bertz CT molecular complexity index is 725. The van der Waals surface area contributed by atoms with E-state index in [1.807, 2.05) is 30.0 Å². The normalized spacial score (nSPS) is 28.1. The van der Waals surface area contributed by atoms with E-state index in [1.165, 1.54) is 25.7 Å². The number of piperidine rings is 1. The van der Waals surface area contributed by atoms with E-state index < -0.39 is 0 Å². The molecular weight excluding hydrogens is 350 g/mol. The molecule has 3 aliphatic rings. The maximum absolute atomic E-state index is 12.8. The summed E-state index contributed by atoms with van der Waals surface area (Å²) in [6.45, 7) is 5.89. The molecule has 3 unspecified atom stereocenters. The molecule has 2 heterocycles. The van der Waals surface area contributed by atoms with Crippen LogP contribution < -0.4 is 10.6 Å². The molecule has 152 valence electrons. The molecule has 5 nitrogen and oxygen atoms in total. The van der Waals surface area contributed by atoms with E-state index in [4.69, 9.17) is 0 Å². The second-order valence-corrected chi connectivity index (χ2v) is 9.10. The number of likely N-dealkylation sites (tertiary alicyclic amines) is 1. The monoisotopic (exact) mass is 383 g/mol. The van der Waals surface area contributed by atoms with Crippen LogP contribution in [0.5, 0.6) is 0 Å². The number of anilines is 1. The number of benzene rings is 1. The molecule has 3 atom stereocenters. The average molecular weight is 384 g/mol. The summed E-state index contributed by atoms with van der Waals surface area (Å²) in [4.78, 5) is 27.5. The van der Waals surface area contributed by atoms with E-state index in [2.05, 4.69) is 17.6 Å². The Morgan fingerprint density at radius 3 is 2.57 bits per heavy atom. The van der Waals surface area contributed by atoms with Crippen LogP contribution in [0.15, 0.2) is 18.2 Å². The van der Waals surface area contributed by atoms with Crippen LogP contribution in [-0.2, 0) is 4.79 Å². The number of carbonyl (C=O) groups is 2. The van der Waals surface area contributed by atoms with E-state index in [9.17, 15) is 9.59 Å². The predicted octanol–water partition coefficient (Wildman–Crippen LogP) is 3.73. The molecule has 2 aliphatic heterocycles. The van der Waals surface area contributed by atoms with Crippen LogP contribution in [0.4, 0.5) is 5.69 Å². The predicted molar refractivity (Wildman–Crippen MR) is 111 cm³/mol. The highest BCUT2D eigenvalue weighted by molar-refractivity contribution is 5.98. The number of rotatable bonds is 3. The molecule has 2 saturated heterocycles. The Balaban J connectivity index is 1.38. The van der Waals surface area contributed by atoms with Gasteiger partial charge in [-0.25, -0.2) is 0 Å². The number of fused-ring (bicyclic) bond motifs is 1. The molecule has 28 heavy (non-hydrogen) atoms. The van der Waals surface area contributed by atoms with Gasteiger partial charge in [0, 0.05) is 30.4 Å². The standard InChI is InChI=1S/C23H33N3O2/c1-15-9-11-26(12-10-15)23(28)18-7-8-19(16(2)13-18)25-22(27)21-14-17-5-3-4-6-20(17)24-21/h7-8,13,15,17,20-21,24H,3-6,9-12,14H2,1-2H3,(H,25,27). The van der Waals surface area contributed by atoms with Gasteiger partial charge in [-0.1, -0.05) is 19.8 Å². The largest absolute Gasteiger partial charge is 0.339 e. The molecule has 3 fully saturated rings. The molecule has 1 aliphatic carbocycles. The van der Waals surface area contributed by atoms with Gasteiger partial charge in [0.05, 0.1) is 6.04 Å². The van der Waals surface area contributed by atoms with Crippen molar-refractivity contribution in [3.8, 4) is 0 Å². The van der Waals surface area contributed by atoms with Crippen molar-refractivity contribution in [2.45, 2.75) is 70.9 Å². The van der Waals surface area contributed by atoms with Crippen LogP contribution in [0.25, 0.3) is 0 Å². The zero-order chi connectivity index (χ0) is 19.7. The average Bonchev–Trinajstić information content (AvgIpc) is 3.14. The first kappa shape index (κ1) is 19.4. The lowest BCUT2D eigenvalue weighted by Crippen LogP contribution is -2.40. The molecule has 0 bridgehead atoms. The zero-order valence-electron chi connectivity index (χ0n) is 17.2. The SMILES string of the molecule is Cc1cc(C(=O)N2CCC(C)CC2)ccc1NC(=O)C1CC2CCCCC2N1. The minimum absolute atomic E-state index is 0.0570. The summed E-state index contributed by atoms with van der Waals surface area (Å²) in [5.74, 6) is 1.52. The second-order valence-electron chi connectivity index (χ2n) is 9.10. The third-order valence-electron chi connectivity index (χ3n) is 6.98. The number of nitrogens with one attached hydrogen (secondary N) is 2. The second kappa shape index (κ2) is 8.24. The van der Waals surface area contributed by atoms with Gasteiger partial charge in [-0.05, 0) is 74.6 Å². The Hall–Kier alpha value is -1.88. The molecule has 1 aromatic carbocycles. The number of hydrogen-bond acceptors (Lipinski definition) is 3. The lowest BCUT2D eigenvalue weighted by Gasteiger charge is -2.30. The molecule has 1 saturated carbocycles. The topological polar surface area (TPSA) is 61.4 Å². The van der Waals surface area contributed by atoms with Crippen molar-refractivity contribution >= 4 is 17.5 Å². The molecule has 4 rings (SSSR count). The van der Waals surface area contributed by atoms with Crippen molar-refractivity contribution in [3.05, 3.63) is 29.3 Å². The van der Waals surface area contributed by atoms with Crippen LogP contribution in [0, 0.1) is 18.8 Å². The summed E-state index contributed by atoms with van der Waals surface area (Å²) in [5, 5.41) is 6.62. The van der Waals surface area contributed by atoms with Crippen molar-refractivity contribution < 1.29 is 9.59 Å². The van der Waals surface area contributed by atoms with Crippen molar-refractivity contribution in [3.63, 3.8) is 0 Å². The lowest BCUT2D eigenvalue weighted by atomic mass is 9.85. The fraction of sp³-hybridized carbons (Fsp3) is 0.652. The van der Waals surface area contributed by atoms with Crippen LogP contribution in [0.2, 0.25) is 0 Å². The quantitative estimate of drug-likeness (QED) is 0.836. The number of nitrogens with zero attached hydrogens (tertiary/aromatic N) is 1. The van der Waals surface area contributed by atoms with Gasteiger partial charge >= 0.3 is 0 Å². The van der Waals surface area contributed by atoms with Gasteiger partial charge < -0.3 is 15.5 Å². The van der Waals surface area contributed by atoms with E-state index >= 15 is 0 Å². The summed E-state index contributed by atoms with van der Waals surface area (Å²) < 4.78 is 0. The van der Waals surface area contributed by atoms with Gasteiger partial charge in [-0.15, -0.1) is 0 Å². The lowest BCUT2D eigenvalue weighted by molar-refractivity contribution is -0.117. The zero-order valence-corrected chi connectivity index (χ0v) is 17.2. The number of amides is 2. The highest BCUT2D eigenvalue weighted by atomic mass is 16.2. The Labute approximate surface area is 168 Å². The molecule has 5 heteroatoms. The summed E-state index contributed by atoms with van der Waals surface area (Å²) in [6.07, 6.45) is 8.10. The molecule has 0 spiro atoms. The summed E-state index contributed by atoms with van der Waals surface area (Å²) in [7, 11) is 0. The summed E-state index contributed by atoms with van der Waals surface area (Å²) >= 11 is 0. The van der Waals surface area contributed by atoms with Gasteiger partial charge in [0.2, 0.25) is 5.91 Å². The third-order valence-corrected chi connectivity index (χ3v) is 6.98. The van der Waals surface area contributed by atoms with Gasteiger partial charge in [-0.2, -0.15) is 0 Å². The van der Waals surface area contributed by atoms with Crippen molar-refractivity contribution in [2.24, 2.45) is 11.8 Å². The Morgan fingerprint density at radius 2 is 1.86 bits per heavy atom. The molecule has 2 N–H and O–H groups in total. The third kappa shape index (κ3) is 4.09. The van der Waals surface area contributed by atoms with Crippen LogP contribution in [0.3, 0.4) is 0 Å². The van der Waals surface area contributed by atoms with Crippen molar-refractivity contribution in [1.82, 2.24) is 10.2 Å². The minimum atomic E-state index is -0.0934. The summed E-state index contributed by atoms with van der Waals surface area (Å²) in [6, 6.07) is 6.07. The maximum Gasteiger partial charge on any atom is 0.253 e. The number of carbonyl (C=O) groups excluding carboxylic acids is 2. The first-order valence-corrected chi connectivity index (χ1v) is 11.0. The number of hydrogen-bond donors (Lipinski definition) is 2. The Morgan fingerprint density at radius 1 is 1.11 bits per heavy atom. The summed E-state index contributed by atoms with van der Waals surface area (Å²) in [5.41, 5.74) is 2.47. The maximum atomic E-state index is 12.8. The van der Waals surface area contributed by atoms with Gasteiger partial charge in [0.15, 0.2) is 0 Å². The fourth-order valence-corrected chi connectivity index (χ4v) is 5.07. The molecule has 2 amide bonds. The van der Waals surface area contributed by atoms with Crippen LogP contribution in [-0.4, -0.2) is 41.9 Å². The highest BCUT2D eigenvalue weighted by Crippen LogP contribution is 2.33. The van der Waals surface area contributed by atoms with Gasteiger partial charge in [0.25, 0.3) is 5.91 Å².